The number of amides is 3. The van der Waals surface area contributed by atoms with E-state index in [0.29, 0.717) is 12.6 Å². The molecule has 1 unspecified atom stereocenters. The molecule has 1 heterocycles. The molecule has 1 aromatic carbocycles. The van der Waals surface area contributed by atoms with E-state index in [-0.39, 0.29) is 42.2 Å². The minimum atomic E-state index is -0.825. The molecule has 2 rings (SSSR count). The Morgan fingerprint density at radius 1 is 1.35 bits per heavy atom. The number of benzene rings is 1. The van der Waals surface area contributed by atoms with E-state index in [0.717, 1.165) is 12.0 Å². The maximum atomic E-state index is 12.8. The Kier molecular flexibility index (Phi) is 8.10. The lowest BCUT2D eigenvalue weighted by Crippen LogP contribution is -2.53. The second-order valence-electron chi connectivity index (χ2n) is 5.20. The van der Waals surface area contributed by atoms with E-state index in [1.54, 1.807) is 0 Å². The van der Waals surface area contributed by atoms with E-state index in [9.17, 15) is 24.0 Å². The highest BCUT2D eigenvalue weighted by atomic mass is 16.5. The number of nitrogens with zero attached hydrogens (tertiary/aromatic N) is 1. The number of hydrogen-bond donors (Lipinski definition) is 2. The molecular weight excluding hydrogens is 344 g/mol. The fraction of sp³-hybridized carbons (Fsp3) is 0.353. The molecular formula is C17H20N2O7. The molecule has 1 saturated heterocycles. The van der Waals surface area contributed by atoms with E-state index in [1.807, 2.05) is 0 Å². The predicted molar refractivity (Wildman–Crippen MR) is 89.8 cm³/mol. The van der Waals surface area contributed by atoms with Crippen LogP contribution in [0.1, 0.15) is 33.6 Å². The van der Waals surface area contributed by atoms with Crippen LogP contribution in [-0.2, 0) is 14.4 Å². The number of hydrogen-bond acceptors (Lipinski definition) is 7. The Morgan fingerprint density at radius 2 is 2.04 bits per heavy atom. The average Bonchev–Trinajstić information content (AvgIpc) is 2.66. The van der Waals surface area contributed by atoms with Crippen LogP contribution < -0.4 is 10.1 Å². The minimum Gasteiger partial charge on any atom is -0.485 e. The molecule has 140 valence electrons. The second-order valence-corrected chi connectivity index (χ2v) is 5.20. The van der Waals surface area contributed by atoms with Crippen molar-refractivity contribution in [3.05, 3.63) is 29.3 Å². The summed E-state index contributed by atoms with van der Waals surface area (Å²) in [4.78, 5) is 58.8. The third kappa shape index (κ3) is 4.73. The van der Waals surface area contributed by atoms with Gasteiger partial charge in [-0.3, -0.25) is 29.3 Å². The lowest BCUT2D eigenvalue weighted by molar-refractivity contribution is -0.136. The molecule has 1 atom stereocenters. The van der Waals surface area contributed by atoms with E-state index < -0.39 is 17.9 Å². The fourth-order valence-corrected chi connectivity index (χ4v) is 2.49. The molecule has 0 saturated carbocycles. The lowest BCUT2D eigenvalue weighted by Gasteiger charge is -2.30. The highest BCUT2D eigenvalue weighted by Gasteiger charge is 2.34. The largest absolute Gasteiger partial charge is 0.485 e. The van der Waals surface area contributed by atoms with Crippen molar-refractivity contribution in [2.24, 2.45) is 0 Å². The van der Waals surface area contributed by atoms with Gasteiger partial charge >= 0.3 is 0 Å². The van der Waals surface area contributed by atoms with Gasteiger partial charge in [0.1, 0.15) is 18.4 Å². The van der Waals surface area contributed by atoms with Gasteiger partial charge in [0.25, 0.3) is 5.91 Å². The van der Waals surface area contributed by atoms with Crippen molar-refractivity contribution in [1.29, 1.82) is 0 Å². The standard InChI is InChI=1S/C16H16N2O6.CH4O/c1-18(11-5-6-13(21)17-15(11)22)16(23)14-10(9-20)3-2-4-12(14)24-8-7-19;1-2/h2-4,7,9,11H,5-6,8H2,1H3,(H,17,21,22);2H,1H3. The van der Waals surface area contributed by atoms with Crippen LogP contribution >= 0.6 is 0 Å². The summed E-state index contributed by atoms with van der Waals surface area (Å²) in [6.45, 7) is -0.273. The quantitative estimate of drug-likeness (QED) is 0.517. The van der Waals surface area contributed by atoms with Crippen LogP contribution in [0.5, 0.6) is 5.75 Å². The van der Waals surface area contributed by atoms with Crippen LogP contribution in [-0.4, -0.2) is 67.1 Å². The van der Waals surface area contributed by atoms with Gasteiger partial charge in [0.05, 0.1) is 5.56 Å². The summed E-state index contributed by atoms with van der Waals surface area (Å²) in [5, 5.41) is 9.18. The number of aldehydes is 2. The van der Waals surface area contributed by atoms with Gasteiger partial charge in [0.15, 0.2) is 12.6 Å². The van der Waals surface area contributed by atoms with Gasteiger partial charge in [-0.05, 0) is 12.5 Å². The smallest absolute Gasteiger partial charge is 0.258 e. The highest BCUT2D eigenvalue weighted by Crippen LogP contribution is 2.25. The van der Waals surface area contributed by atoms with Gasteiger partial charge in [-0.2, -0.15) is 0 Å². The summed E-state index contributed by atoms with van der Waals surface area (Å²) < 4.78 is 5.20. The molecule has 1 aromatic rings. The number of ether oxygens (including phenoxy) is 1. The number of imide groups is 1. The molecule has 0 aromatic heterocycles. The molecule has 9 heteroatoms. The SMILES string of the molecule is CN(C(=O)c1c(C=O)cccc1OCC=O)C1CCC(=O)NC1=O.CO. The zero-order chi connectivity index (χ0) is 19.7. The number of carbonyl (C=O) groups excluding carboxylic acids is 5. The maximum Gasteiger partial charge on any atom is 0.258 e. The van der Waals surface area contributed by atoms with E-state index in [1.165, 1.54) is 25.2 Å². The topological polar surface area (TPSA) is 130 Å². The summed E-state index contributed by atoms with van der Waals surface area (Å²) in [6.07, 6.45) is 1.34. The summed E-state index contributed by atoms with van der Waals surface area (Å²) in [6, 6.07) is 3.59. The number of carbonyl (C=O) groups is 5. The predicted octanol–water partition coefficient (Wildman–Crippen LogP) is -0.437. The molecule has 1 aliphatic heterocycles. The third-order valence-electron chi connectivity index (χ3n) is 3.70. The number of likely N-dealkylation sites (N-methyl/N-ethyl adjacent to an activating group) is 1. The molecule has 0 aliphatic carbocycles. The van der Waals surface area contributed by atoms with Crippen LogP contribution in [0.2, 0.25) is 0 Å². The third-order valence-corrected chi connectivity index (χ3v) is 3.70. The van der Waals surface area contributed by atoms with Gasteiger partial charge in [-0.15, -0.1) is 0 Å². The number of aliphatic hydroxyl groups is 1. The van der Waals surface area contributed by atoms with Gasteiger partial charge in [-0.1, -0.05) is 12.1 Å². The first-order valence-corrected chi connectivity index (χ1v) is 7.69. The Labute approximate surface area is 149 Å². The second kappa shape index (κ2) is 10.0. The first kappa shape index (κ1) is 21.0. The first-order chi connectivity index (χ1) is 12.5. The van der Waals surface area contributed by atoms with E-state index >= 15 is 0 Å². The normalized spacial score (nSPS) is 15.9. The first-order valence-electron chi connectivity index (χ1n) is 7.69. The van der Waals surface area contributed by atoms with E-state index in [4.69, 9.17) is 9.84 Å². The molecule has 1 fully saturated rings. The molecule has 0 bridgehead atoms. The number of rotatable bonds is 6. The zero-order valence-corrected chi connectivity index (χ0v) is 14.4. The molecule has 1 aliphatic rings. The molecule has 2 N–H and O–H groups in total. The fourth-order valence-electron chi connectivity index (χ4n) is 2.49. The number of aliphatic hydroxyl groups excluding tert-OH is 1. The van der Waals surface area contributed by atoms with Crippen molar-refractivity contribution in [2.45, 2.75) is 18.9 Å². The average molecular weight is 364 g/mol. The summed E-state index contributed by atoms with van der Waals surface area (Å²) in [7, 11) is 2.41. The van der Waals surface area contributed by atoms with Crippen molar-refractivity contribution < 1.29 is 33.8 Å². The molecule has 9 nitrogen and oxygen atoms in total. The van der Waals surface area contributed by atoms with Crippen molar-refractivity contribution in [3.8, 4) is 5.75 Å². The van der Waals surface area contributed by atoms with Gasteiger partial charge in [0, 0.05) is 26.1 Å². The maximum absolute atomic E-state index is 12.8. The molecule has 3 amide bonds. The van der Waals surface area contributed by atoms with Gasteiger partial charge in [0.2, 0.25) is 11.8 Å². The summed E-state index contributed by atoms with van der Waals surface area (Å²) in [5.74, 6) is -1.48. The molecule has 0 radical (unpaired) electrons. The number of piperidine rings is 1. The Morgan fingerprint density at radius 3 is 2.62 bits per heavy atom. The summed E-state index contributed by atoms with van der Waals surface area (Å²) in [5.41, 5.74) is 0.0593. The minimum absolute atomic E-state index is 0.0263. The van der Waals surface area contributed by atoms with E-state index in [2.05, 4.69) is 5.32 Å². The van der Waals surface area contributed by atoms with Crippen molar-refractivity contribution >= 4 is 30.3 Å². The van der Waals surface area contributed by atoms with Crippen molar-refractivity contribution in [2.75, 3.05) is 20.8 Å². The summed E-state index contributed by atoms with van der Waals surface area (Å²) >= 11 is 0. The molecule has 26 heavy (non-hydrogen) atoms. The van der Waals surface area contributed by atoms with Gasteiger partial charge in [-0.25, -0.2) is 0 Å². The highest BCUT2D eigenvalue weighted by molar-refractivity contribution is 6.07. The Hall–Kier alpha value is -3.07. The number of nitrogens with one attached hydrogen (secondary N) is 1. The van der Waals surface area contributed by atoms with Crippen LogP contribution in [0, 0.1) is 0 Å². The lowest BCUT2D eigenvalue weighted by atomic mass is 10.0. The van der Waals surface area contributed by atoms with Gasteiger partial charge < -0.3 is 14.7 Å². The van der Waals surface area contributed by atoms with Crippen LogP contribution in [0.3, 0.4) is 0 Å². The monoisotopic (exact) mass is 364 g/mol. The van der Waals surface area contributed by atoms with Crippen LogP contribution in [0.4, 0.5) is 0 Å². The molecule has 0 spiro atoms. The van der Waals surface area contributed by atoms with Crippen molar-refractivity contribution in [3.63, 3.8) is 0 Å². The van der Waals surface area contributed by atoms with Crippen LogP contribution in [0.15, 0.2) is 18.2 Å². The van der Waals surface area contributed by atoms with Crippen molar-refractivity contribution in [1.82, 2.24) is 10.2 Å². The Bertz CT molecular complexity index is 702. The Balaban J connectivity index is 0.00000163. The zero-order valence-electron chi connectivity index (χ0n) is 14.4. The van der Waals surface area contributed by atoms with Crippen LogP contribution in [0.25, 0.3) is 0 Å².